The summed E-state index contributed by atoms with van der Waals surface area (Å²) >= 11 is 7.00. The fourth-order valence-electron chi connectivity index (χ4n) is 2.93. The van der Waals surface area contributed by atoms with Crippen molar-refractivity contribution in [2.24, 2.45) is 0 Å². The second-order valence-electron chi connectivity index (χ2n) is 6.60. The van der Waals surface area contributed by atoms with Gasteiger partial charge in [-0.3, -0.25) is 9.78 Å². The number of hydrogen-bond donors (Lipinski definition) is 2. The molecule has 0 aliphatic heterocycles. The number of amides is 1. The van der Waals surface area contributed by atoms with E-state index in [1.165, 1.54) is 18.3 Å². The summed E-state index contributed by atoms with van der Waals surface area (Å²) in [6.07, 6.45) is 3.17. The highest BCUT2D eigenvalue weighted by Crippen LogP contribution is 2.28. The van der Waals surface area contributed by atoms with E-state index in [9.17, 15) is 9.18 Å². The lowest BCUT2D eigenvalue weighted by molar-refractivity contribution is 0.102. The molecule has 4 nitrogen and oxygen atoms in total. The van der Waals surface area contributed by atoms with E-state index in [0.717, 1.165) is 28.8 Å². The minimum absolute atomic E-state index is 0.319. The molecule has 0 aliphatic rings. The van der Waals surface area contributed by atoms with Crippen LogP contribution in [0.4, 0.5) is 15.8 Å². The van der Waals surface area contributed by atoms with Crippen molar-refractivity contribution in [1.82, 2.24) is 4.98 Å². The fourth-order valence-corrected chi connectivity index (χ4v) is 3.78. The molecular formula is C24H17ClFN3OS. The zero-order valence-electron chi connectivity index (χ0n) is 16.2. The third kappa shape index (κ3) is 5.23. The Bertz CT molecular complexity index is 1200. The molecule has 1 aromatic heterocycles. The average molecular weight is 450 g/mol. The molecule has 4 aromatic rings. The van der Waals surface area contributed by atoms with Gasteiger partial charge in [-0.1, -0.05) is 41.9 Å². The second kappa shape index (κ2) is 9.64. The molecule has 0 aliphatic carbocycles. The van der Waals surface area contributed by atoms with E-state index in [2.05, 4.69) is 15.0 Å². The van der Waals surface area contributed by atoms with Crippen molar-refractivity contribution in [3.05, 3.63) is 108 Å². The Morgan fingerprint density at radius 1 is 0.935 bits per heavy atom. The van der Waals surface area contributed by atoms with Crippen LogP contribution in [0.3, 0.4) is 0 Å². The van der Waals surface area contributed by atoms with E-state index < -0.39 is 5.82 Å². The molecule has 0 spiro atoms. The van der Waals surface area contributed by atoms with Gasteiger partial charge in [-0.25, -0.2) is 4.39 Å². The molecule has 0 bridgehead atoms. The Hall–Kier alpha value is -3.35. The maximum atomic E-state index is 14.3. The Morgan fingerprint density at radius 3 is 2.45 bits per heavy atom. The molecule has 0 saturated carbocycles. The molecule has 0 saturated heterocycles. The topological polar surface area (TPSA) is 54.0 Å². The number of nitrogens with zero attached hydrogens (tertiary/aromatic N) is 1. The molecule has 0 radical (unpaired) electrons. The van der Waals surface area contributed by atoms with Gasteiger partial charge in [-0.05, 0) is 71.6 Å². The molecule has 0 fully saturated rings. The molecule has 1 amide bonds. The number of rotatable bonds is 6. The maximum Gasteiger partial charge on any atom is 0.257 e. The zero-order chi connectivity index (χ0) is 21.6. The van der Waals surface area contributed by atoms with E-state index >= 15 is 0 Å². The first-order valence-electron chi connectivity index (χ1n) is 9.39. The van der Waals surface area contributed by atoms with Gasteiger partial charge >= 0.3 is 0 Å². The maximum absolute atomic E-state index is 14.3. The van der Waals surface area contributed by atoms with Crippen LogP contribution >= 0.6 is 23.5 Å². The molecule has 1 heterocycles. The summed E-state index contributed by atoms with van der Waals surface area (Å²) in [5, 5.41) is 3.46. The van der Waals surface area contributed by atoms with Crippen molar-refractivity contribution in [2.45, 2.75) is 4.90 Å². The monoisotopic (exact) mass is 449 g/mol. The standard InChI is InChI=1S/C24H17ClFN3OS/c25-17-6-8-18(9-7-17)29-31-23-14-19(10-11-22(23)26)28-24(30)21-15-27-13-12-20(21)16-4-2-1-3-5-16/h1-15,29H,(H,28,30). The van der Waals surface area contributed by atoms with Gasteiger partial charge in [0.05, 0.1) is 10.5 Å². The number of halogens is 2. The highest BCUT2D eigenvalue weighted by atomic mass is 35.5. The number of pyridine rings is 1. The number of aromatic nitrogens is 1. The van der Waals surface area contributed by atoms with Crippen molar-refractivity contribution in [3.8, 4) is 11.1 Å². The largest absolute Gasteiger partial charge is 0.326 e. The first-order chi connectivity index (χ1) is 15.1. The highest BCUT2D eigenvalue weighted by molar-refractivity contribution is 8.00. The van der Waals surface area contributed by atoms with E-state index in [0.29, 0.717) is 21.2 Å². The summed E-state index contributed by atoms with van der Waals surface area (Å²) < 4.78 is 17.3. The molecule has 2 N–H and O–H groups in total. The summed E-state index contributed by atoms with van der Waals surface area (Å²) in [6.45, 7) is 0. The molecule has 3 aromatic carbocycles. The molecular weight excluding hydrogens is 433 g/mol. The zero-order valence-corrected chi connectivity index (χ0v) is 17.8. The number of nitrogens with one attached hydrogen (secondary N) is 2. The summed E-state index contributed by atoms with van der Waals surface area (Å²) in [6, 6.07) is 22.9. The smallest absolute Gasteiger partial charge is 0.257 e. The van der Waals surface area contributed by atoms with E-state index in [-0.39, 0.29) is 5.91 Å². The van der Waals surface area contributed by atoms with E-state index in [4.69, 9.17) is 11.6 Å². The minimum Gasteiger partial charge on any atom is -0.326 e. The van der Waals surface area contributed by atoms with Gasteiger partial charge < -0.3 is 10.0 Å². The summed E-state index contributed by atoms with van der Waals surface area (Å²) in [5.41, 5.74) is 3.39. The Balaban J connectivity index is 1.52. The second-order valence-corrected chi connectivity index (χ2v) is 7.88. The van der Waals surface area contributed by atoms with Crippen molar-refractivity contribution in [1.29, 1.82) is 0 Å². The van der Waals surface area contributed by atoms with E-state index in [1.54, 1.807) is 42.6 Å². The number of carbonyl (C=O) groups is 1. The number of benzene rings is 3. The van der Waals surface area contributed by atoms with Crippen molar-refractivity contribution in [3.63, 3.8) is 0 Å². The third-order valence-corrected chi connectivity index (χ3v) is 5.59. The van der Waals surface area contributed by atoms with Gasteiger partial charge in [0.15, 0.2) is 0 Å². The highest BCUT2D eigenvalue weighted by Gasteiger charge is 2.14. The van der Waals surface area contributed by atoms with Crippen LogP contribution in [0.2, 0.25) is 5.02 Å². The lowest BCUT2D eigenvalue weighted by atomic mass is 10.0. The summed E-state index contributed by atoms with van der Waals surface area (Å²) in [5.74, 6) is -0.712. The molecule has 4 rings (SSSR count). The molecule has 0 unspecified atom stereocenters. The van der Waals surface area contributed by atoms with Crippen molar-refractivity contribution >= 4 is 40.8 Å². The predicted molar refractivity (Wildman–Crippen MR) is 125 cm³/mol. The normalized spacial score (nSPS) is 10.5. The van der Waals surface area contributed by atoms with Gasteiger partial charge in [0.25, 0.3) is 5.91 Å². The first-order valence-corrected chi connectivity index (χ1v) is 10.6. The van der Waals surface area contributed by atoms with Crippen LogP contribution in [0, 0.1) is 5.82 Å². The van der Waals surface area contributed by atoms with Crippen LogP contribution in [-0.4, -0.2) is 10.9 Å². The lowest BCUT2D eigenvalue weighted by Crippen LogP contribution is -2.13. The van der Waals surface area contributed by atoms with E-state index in [1.807, 2.05) is 30.3 Å². The third-order valence-electron chi connectivity index (χ3n) is 4.46. The molecule has 7 heteroatoms. The van der Waals surface area contributed by atoms with Crippen LogP contribution in [0.25, 0.3) is 11.1 Å². The van der Waals surface area contributed by atoms with Crippen LogP contribution in [0.5, 0.6) is 0 Å². The van der Waals surface area contributed by atoms with Crippen molar-refractivity contribution < 1.29 is 9.18 Å². The molecule has 0 atom stereocenters. The minimum atomic E-state index is -0.393. The van der Waals surface area contributed by atoms with Crippen LogP contribution in [-0.2, 0) is 0 Å². The molecule has 154 valence electrons. The van der Waals surface area contributed by atoms with Crippen molar-refractivity contribution in [2.75, 3.05) is 10.0 Å². The van der Waals surface area contributed by atoms with Gasteiger partial charge in [0.2, 0.25) is 0 Å². The van der Waals surface area contributed by atoms with Crippen LogP contribution in [0.15, 0.2) is 96.2 Å². The van der Waals surface area contributed by atoms with Crippen LogP contribution in [0.1, 0.15) is 10.4 Å². The average Bonchev–Trinajstić information content (AvgIpc) is 2.81. The fraction of sp³-hybridized carbons (Fsp3) is 0. The lowest BCUT2D eigenvalue weighted by Gasteiger charge is -2.12. The summed E-state index contributed by atoms with van der Waals surface area (Å²) in [4.78, 5) is 17.4. The van der Waals surface area contributed by atoms with Gasteiger partial charge in [-0.15, -0.1) is 0 Å². The Morgan fingerprint density at radius 2 is 1.68 bits per heavy atom. The van der Waals surface area contributed by atoms with Gasteiger partial charge in [-0.2, -0.15) is 0 Å². The number of anilines is 2. The number of carbonyl (C=O) groups excluding carboxylic acids is 1. The Kier molecular flexibility index (Phi) is 6.50. The predicted octanol–water partition coefficient (Wildman–Crippen LogP) is 6.91. The first kappa shape index (κ1) is 20.9. The van der Waals surface area contributed by atoms with Crippen LogP contribution < -0.4 is 10.0 Å². The Labute approximate surface area is 188 Å². The van der Waals surface area contributed by atoms with Gasteiger partial charge in [0, 0.05) is 28.8 Å². The van der Waals surface area contributed by atoms with Gasteiger partial charge in [0.1, 0.15) is 5.82 Å². The molecule has 31 heavy (non-hydrogen) atoms. The quantitative estimate of drug-likeness (QED) is 0.314. The SMILES string of the molecule is O=C(Nc1ccc(F)c(SNc2ccc(Cl)cc2)c1)c1cnccc1-c1ccccc1. The number of hydrogen-bond acceptors (Lipinski definition) is 4. The summed E-state index contributed by atoms with van der Waals surface area (Å²) in [7, 11) is 0.